The third-order valence-corrected chi connectivity index (χ3v) is 4.50. The van der Waals surface area contributed by atoms with Crippen LogP contribution < -0.4 is 0 Å². The first-order chi connectivity index (χ1) is 8.78. The lowest BCUT2D eigenvalue weighted by Gasteiger charge is -2.28. The van der Waals surface area contributed by atoms with Gasteiger partial charge >= 0.3 is 0 Å². The van der Waals surface area contributed by atoms with Gasteiger partial charge in [0.25, 0.3) is 0 Å². The lowest BCUT2D eigenvalue weighted by molar-refractivity contribution is 0.199. The van der Waals surface area contributed by atoms with E-state index in [0.29, 0.717) is 0 Å². The van der Waals surface area contributed by atoms with Crippen molar-refractivity contribution >= 4 is 0 Å². The first-order valence-corrected chi connectivity index (χ1v) is 7.63. The van der Waals surface area contributed by atoms with Gasteiger partial charge in [-0.05, 0) is 61.9 Å². The number of aryl methyl sites for hydroxylation is 3. The molecule has 1 heteroatoms. The van der Waals surface area contributed by atoms with Crippen LogP contribution in [0.25, 0.3) is 0 Å². The summed E-state index contributed by atoms with van der Waals surface area (Å²) in [4.78, 5) is 2.63. The van der Waals surface area contributed by atoms with E-state index in [4.69, 9.17) is 0 Å². The summed E-state index contributed by atoms with van der Waals surface area (Å²) >= 11 is 0. The van der Waals surface area contributed by atoms with Gasteiger partial charge < -0.3 is 4.90 Å². The molecule has 1 aliphatic rings. The standard InChI is InChI=1S/C17H27N/c1-4-14-7-8-15-9-11-17(18(5-2)6-3)12-10-16(15)13-14/h7-8,13,17H,4-6,9-12H2,1-3H3. The van der Waals surface area contributed by atoms with Gasteiger partial charge in [-0.1, -0.05) is 39.0 Å². The summed E-state index contributed by atoms with van der Waals surface area (Å²) in [6, 6.07) is 7.92. The molecule has 0 aliphatic heterocycles. The summed E-state index contributed by atoms with van der Waals surface area (Å²) < 4.78 is 0. The molecule has 1 atom stereocenters. The van der Waals surface area contributed by atoms with Crippen LogP contribution in [0.15, 0.2) is 18.2 Å². The minimum atomic E-state index is 0.789. The van der Waals surface area contributed by atoms with Crippen LogP contribution in [0, 0.1) is 0 Å². The molecule has 0 bridgehead atoms. The number of rotatable bonds is 4. The molecule has 1 aliphatic carbocycles. The molecule has 0 saturated carbocycles. The molecule has 0 amide bonds. The molecular weight excluding hydrogens is 218 g/mol. The molecule has 0 spiro atoms. The van der Waals surface area contributed by atoms with Crippen molar-refractivity contribution in [2.45, 2.75) is 58.9 Å². The summed E-state index contributed by atoms with van der Waals surface area (Å²) in [5.41, 5.74) is 4.71. The monoisotopic (exact) mass is 245 g/mol. The number of hydrogen-bond acceptors (Lipinski definition) is 1. The Morgan fingerprint density at radius 1 is 1.00 bits per heavy atom. The van der Waals surface area contributed by atoms with Gasteiger partial charge in [-0.2, -0.15) is 0 Å². The Labute approximate surface area is 112 Å². The van der Waals surface area contributed by atoms with Crippen molar-refractivity contribution in [3.05, 3.63) is 34.9 Å². The molecule has 0 N–H and O–H groups in total. The highest BCUT2D eigenvalue weighted by molar-refractivity contribution is 5.33. The van der Waals surface area contributed by atoms with Gasteiger partial charge in [0.2, 0.25) is 0 Å². The molecule has 2 rings (SSSR count). The molecule has 1 aromatic rings. The van der Waals surface area contributed by atoms with Gasteiger partial charge in [-0.25, -0.2) is 0 Å². The molecule has 1 unspecified atom stereocenters. The lowest BCUT2D eigenvalue weighted by atomic mass is 9.99. The molecule has 18 heavy (non-hydrogen) atoms. The van der Waals surface area contributed by atoms with Gasteiger partial charge in [-0.15, -0.1) is 0 Å². The fourth-order valence-corrected chi connectivity index (χ4v) is 3.27. The van der Waals surface area contributed by atoms with Crippen molar-refractivity contribution in [3.8, 4) is 0 Å². The van der Waals surface area contributed by atoms with Crippen LogP contribution in [0.3, 0.4) is 0 Å². The van der Waals surface area contributed by atoms with E-state index in [1.807, 2.05) is 0 Å². The zero-order valence-corrected chi connectivity index (χ0v) is 12.2. The van der Waals surface area contributed by atoms with E-state index in [0.717, 1.165) is 12.5 Å². The van der Waals surface area contributed by atoms with Gasteiger partial charge in [0.15, 0.2) is 0 Å². The minimum absolute atomic E-state index is 0.789. The first kappa shape index (κ1) is 13.6. The molecule has 0 radical (unpaired) electrons. The topological polar surface area (TPSA) is 3.24 Å². The minimum Gasteiger partial charge on any atom is -0.301 e. The molecule has 100 valence electrons. The fraction of sp³-hybridized carbons (Fsp3) is 0.647. The second-order valence-electron chi connectivity index (χ2n) is 5.41. The molecule has 0 saturated heterocycles. The van der Waals surface area contributed by atoms with Crippen LogP contribution in [0.5, 0.6) is 0 Å². The Kier molecular flexibility index (Phi) is 4.82. The average molecular weight is 245 g/mol. The average Bonchev–Trinajstić information content (AvgIpc) is 2.62. The second kappa shape index (κ2) is 6.38. The van der Waals surface area contributed by atoms with Crippen LogP contribution >= 0.6 is 0 Å². The van der Waals surface area contributed by atoms with E-state index < -0.39 is 0 Å². The van der Waals surface area contributed by atoms with E-state index >= 15 is 0 Å². The van der Waals surface area contributed by atoms with Gasteiger partial charge in [-0.3, -0.25) is 0 Å². The molecule has 1 aromatic carbocycles. The number of benzene rings is 1. The summed E-state index contributed by atoms with van der Waals surface area (Å²) in [7, 11) is 0. The third-order valence-electron chi connectivity index (χ3n) is 4.50. The zero-order chi connectivity index (χ0) is 13.0. The van der Waals surface area contributed by atoms with Crippen molar-refractivity contribution in [1.82, 2.24) is 4.90 Å². The summed E-state index contributed by atoms with van der Waals surface area (Å²) in [5, 5.41) is 0. The van der Waals surface area contributed by atoms with Crippen LogP contribution in [-0.2, 0) is 19.3 Å². The SMILES string of the molecule is CCc1ccc2c(c1)CCC(N(CC)CC)CC2. The Morgan fingerprint density at radius 2 is 1.67 bits per heavy atom. The van der Waals surface area contributed by atoms with Crippen molar-refractivity contribution in [1.29, 1.82) is 0 Å². The normalized spacial score (nSPS) is 19.7. The smallest absolute Gasteiger partial charge is 0.0101 e. The maximum absolute atomic E-state index is 2.63. The zero-order valence-electron chi connectivity index (χ0n) is 12.2. The van der Waals surface area contributed by atoms with Crippen molar-refractivity contribution in [3.63, 3.8) is 0 Å². The second-order valence-corrected chi connectivity index (χ2v) is 5.41. The first-order valence-electron chi connectivity index (χ1n) is 7.63. The van der Waals surface area contributed by atoms with Crippen LogP contribution in [-0.4, -0.2) is 24.0 Å². The van der Waals surface area contributed by atoms with Gasteiger partial charge in [0.05, 0.1) is 0 Å². The maximum atomic E-state index is 2.63. The van der Waals surface area contributed by atoms with Gasteiger partial charge in [0.1, 0.15) is 0 Å². The predicted molar refractivity (Wildman–Crippen MR) is 79.2 cm³/mol. The Hall–Kier alpha value is -0.820. The van der Waals surface area contributed by atoms with E-state index in [1.165, 1.54) is 44.3 Å². The highest BCUT2D eigenvalue weighted by Gasteiger charge is 2.20. The van der Waals surface area contributed by atoms with E-state index in [9.17, 15) is 0 Å². The van der Waals surface area contributed by atoms with E-state index in [1.54, 1.807) is 11.1 Å². The predicted octanol–water partition coefficient (Wildman–Crippen LogP) is 3.84. The van der Waals surface area contributed by atoms with Crippen molar-refractivity contribution in [2.24, 2.45) is 0 Å². The summed E-state index contributed by atoms with van der Waals surface area (Å²) in [5.74, 6) is 0. The highest BCUT2D eigenvalue weighted by Crippen LogP contribution is 2.24. The number of nitrogens with zero attached hydrogens (tertiary/aromatic N) is 1. The van der Waals surface area contributed by atoms with E-state index in [-0.39, 0.29) is 0 Å². The largest absolute Gasteiger partial charge is 0.301 e. The number of hydrogen-bond donors (Lipinski definition) is 0. The van der Waals surface area contributed by atoms with Crippen molar-refractivity contribution < 1.29 is 0 Å². The molecular formula is C17H27N. The molecule has 0 fully saturated rings. The third kappa shape index (κ3) is 2.95. The summed E-state index contributed by atoms with van der Waals surface area (Å²) in [6.45, 7) is 9.21. The van der Waals surface area contributed by atoms with Crippen molar-refractivity contribution in [2.75, 3.05) is 13.1 Å². The Balaban J connectivity index is 2.11. The van der Waals surface area contributed by atoms with Crippen LogP contribution in [0.4, 0.5) is 0 Å². The quantitative estimate of drug-likeness (QED) is 0.729. The van der Waals surface area contributed by atoms with E-state index in [2.05, 4.69) is 43.9 Å². The Bertz CT molecular complexity index is 379. The molecule has 1 nitrogen and oxygen atoms in total. The van der Waals surface area contributed by atoms with Crippen LogP contribution in [0.2, 0.25) is 0 Å². The Morgan fingerprint density at radius 3 is 2.28 bits per heavy atom. The maximum Gasteiger partial charge on any atom is 0.0101 e. The fourth-order valence-electron chi connectivity index (χ4n) is 3.27. The highest BCUT2D eigenvalue weighted by atomic mass is 15.1. The van der Waals surface area contributed by atoms with Crippen LogP contribution in [0.1, 0.15) is 50.3 Å². The molecule has 0 heterocycles. The lowest BCUT2D eigenvalue weighted by Crippen LogP contribution is -2.35. The number of fused-ring (bicyclic) bond motifs is 1. The summed E-state index contributed by atoms with van der Waals surface area (Å²) in [6.07, 6.45) is 6.36. The van der Waals surface area contributed by atoms with Gasteiger partial charge in [0, 0.05) is 6.04 Å². The molecule has 0 aromatic heterocycles.